The highest BCUT2D eigenvalue weighted by atomic mass is 16.5. The lowest BCUT2D eigenvalue weighted by atomic mass is 10.1. The number of guanidine groups is 1. The number of rotatable bonds is 6. The average molecular weight is 332 g/mol. The van der Waals surface area contributed by atoms with Gasteiger partial charge in [-0.15, -0.1) is 0 Å². The molecule has 0 amide bonds. The maximum absolute atomic E-state index is 5.33. The molecule has 24 heavy (non-hydrogen) atoms. The molecule has 1 unspecified atom stereocenters. The fraction of sp³-hybridized carbons (Fsp3) is 0.562. The van der Waals surface area contributed by atoms with Crippen molar-refractivity contribution in [3.63, 3.8) is 0 Å². The minimum absolute atomic E-state index is 0.282. The number of aliphatic imine (C=N–C) groups is 1. The lowest BCUT2D eigenvalue weighted by Gasteiger charge is -2.25. The van der Waals surface area contributed by atoms with E-state index < -0.39 is 0 Å². The molecule has 1 atom stereocenters. The fourth-order valence-electron chi connectivity index (χ4n) is 2.82. The fourth-order valence-corrected chi connectivity index (χ4v) is 2.82. The van der Waals surface area contributed by atoms with Crippen LogP contribution in [0.4, 0.5) is 0 Å². The van der Waals surface area contributed by atoms with Crippen LogP contribution in [0.25, 0.3) is 0 Å². The van der Waals surface area contributed by atoms with Crippen molar-refractivity contribution in [3.05, 3.63) is 35.8 Å². The molecule has 0 saturated heterocycles. The van der Waals surface area contributed by atoms with Gasteiger partial charge in [0.15, 0.2) is 11.8 Å². The number of methoxy groups -OCH3 is 1. The molecule has 0 radical (unpaired) electrons. The molecule has 0 fully saturated rings. The molecule has 2 aromatic heterocycles. The van der Waals surface area contributed by atoms with E-state index in [1.807, 2.05) is 16.8 Å². The van der Waals surface area contributed by atoms with Gasteiger partial charge in [0, 0.05) is 39.6 Å². The van der Waals surface area contributed by atoms with Crippen molar-refractivity contribution in [2.75, 3.05) is 20.7 Å². The second-order valence-corrected chi connectivity index (χ2v) is 5.77. The normalized spacial score (nSPS) is 17.6. The van der Waals surface area contributed by atoms with Crippen LogP contribution >= 0.6 is 0 Å². The van der Waals surface area contributed by atoms with E-state index in [4.69, 9.17) is 9.15 Å². The summed E-state index contributed by atoms with van der Waals surface area (Å²) in [7, 11) is 3.44. The molecular weight excluding hydrogens is 308 g/mol. The van der Waals surface area contributed by atoms with Crippen molar-refractivity contribution in [1.29, 1.82) is 0 Å². The molecule has 1 aliphatic rings. The second kappa shape index (κ2) is 7.96. The Kier molecular flexibility index (Phi) is 5.47. The van der Waals surface area contributed by atoms with Gasteiger partial charge in [0.1, 0.15) is 18.2 Å². The van der Waals surface area contributed by atoms with Crippen LogP contribution in [0.15, 0.2) is 27.8 Å². The van der Waals surface area contributed by atoms with E-state index in [2.05, 4.69) is 25.7 Å². The van der Waals surface area contributed by atoms with E-state index in [-0.39, 0.29) is 6.04 Å². The molecule has 3 rings (SSSR count). The second-order valence-electron chi connectivity index (χ2n) is 5.77. The van der Waals surface area contributed by atoms with Gasteiger partial charge in [0.05, 0.1) is 12.8 Å². The maximum atomic E-state index is 5.33. The summed E-state index contributed by atoms with van der Waals surface area (Å²) in [6, 6.07) is 4.16. The molecule has 0 bridgehead atoms. The molecule has 2 aromatic rings. The number of furan rings is 1. The third-order valence-electron chi connectivity index (χ3n) is 3.98. The zero-order valence-electron chi connectivity index (χ0n) is 14.2. The van der Waals surface area contributed by atoms with Crippen LogP contribution in [-0.4, -0.2) is 47.5 Å². The Hall–Kier alpha value is -2.35. The van der Waals surface area contributed by atoms with Crippen molar-refractivity contribution in [1.82, 2.24) is 25.4 Å². The maximum Gasteiger partial charge on any atom is 0.191 e. The molecule has 0 aliphatic carbocycles. The van der Waals surface area contributed by atoms with E-state index in [9.17, 15) is 0 Å². The Morgan fingerprint density at radius 2 is 2.46 bits per heavy atom. The quantitative estimate of drug-likeness (QED) is 0.599. The predicted octanol–water partition coefficient (Wildman–Crippen LogP) is 0.740. The number of nitrogens with one attached hydrogen (secondary N) is 2. The van der Waals surface area contributed by atoms with Crippen LogP contribution in [0.2, 0.25) is 0 Å². The molecule has 3 heterocycles. The number of nitrogens with zero attached hydrogens (tertiary/aromatic N) is 4. The first kappa shape index (κ1) is 16.5. The highest BCUT2D eigenvalue weighted by Gasteiger charge is 2.22. The van der Waals surface area contributed by atoms with Gasteiger partial charge in [-0.2, -0.15) is 5.10 Å². The molecule has 1 aliphatic heterocycles. The van der Waals surface area contributed by atoms with Gasteiger partial charge in [-0.05, 0) is 18.6 Å². The highest BCUT2D eigenvalue weighted by molar-refractivity contribution is 5.79. The summed E-state index contributed by atoms with van der Waals surface area (Å²) in [6.45, 7) is 2.01. The van der Waals surface area contributed by atoms with Gasteiger partial charge in [0.25, 0.3) is 0 Å². The van der Waals surface area contributed by atoms with Crippen LogP contribution < -0.4 is 10.6 Å². The Morgan fingerprint density at radius 1 is 1.54 bits per heavy atom. The van der Waals surface area contributed by atoms with E-state index in [0.717, 1.165) is 55.7 Å². The van der Waals surface area contributed by atoms with Crippen molar-refractivity contribution >= 4 is 5.96 Å². The van der Waals surface area contributed by atoms with Gasteiger partial charge in [-0.3, -0.25) is 4.99 Å². The SMILES string of the molecule is CN=C(NCCc1ccco1)NC1CCc2nc(COC)nn2C1. The third kappa shape index (κ3) is 4.14. The molecule has 2 N–H and O–H groups in total. The Labute approximate surface area is 141 Å². The van der Waals surface area contributed by atoms with Crippen molar-refractivity contribution in [2.45, 2.75) is 38.5 Å². The number of aromatic nitrogens is 3. The van der Waals surface area contributed by atoms with E-state index in [1.54, 1.807) is 20.4 Å². The molecular formula is C16H24N6O2. The van der Waals surface area contributed by atoms with Crippen molar-refractivity contribution < 1.29 is 9.15 Å². The highest BCUT2D eigenvalue weighted by Crippen LogP contribution is 2.13. The monoisotopic (exact) mass is 332 g/mol. The van der Waals surface area contributed by atoms with Gasteiger partial charge in [-0.1, -0.05) is 0 Å². The van der Waals surface area contributed by atoms with Gasteiger partial charge in [-0.25, -0.2) is 9.67 Å². The predicted molar refractivity (Wildman–Crippen MR) is 89.8 cm³/mol. The van der Waals surface area contributed by atoms with Gasteiger partial charge < -0.3 is 19.8 Å². The summed E-state index contributed by atoms with van der Waals surface area (Å²) in [5.41, 5.74) is 0. The summed E-state index contributed by atoms with van der Waals surface area (Å²) in [5.74, 6) is 3.54. The zero-order chi connectivity index (χ0) is 16.8. The Balaban J connectivity index is 1.49. The van der Waals surface area contributed by atoms with Crippen LogP contribution in [0.1, 0.15) is 23.8 Å². The smallest absolute Gasteiger partial charge is 0.191 e. The number of fused-ring (bicyclic) bond motifs is 1. The third-order valence-corrected chi connectivity index (χ3v) is 3.98. The van der Waals surface area contributed by atoms with E-state index >= 15 is 0 Å². The first-order valence-corrected chi connectivity index (χ1v) is 8.19. The van der Waals surface area contributed by atoms with Crippen molar-refractivity contribution in [2.24, 2.45) is 4.99 Å². The molecule has 8 nitrogen and oxygen atoms in total. The summed E-state index contributed by atoms with van der Waals surface area (Å²) >= 11 is 0. The summed E-state index contributed by atoms with van der Waals surface area (Å²) in [5, 5.41) is 11.3. The molecule has 0 aromatic carbocycles. The summed E-state index contributed by atoms with van der Waals surface area (Å²) in [4.78, 5) is 8.79. The topological polar surface area (TPSA) is 89.5 Å². The zero-order valence-corrected chi connectivity index (χ0v) is 14.2. The van der Waals surface area contributed by atoms with Gasteiger partial charge in [0.2, 0.25) is 0 Å². The number of hydrogen-bond donors (Lipinski definition) is 2. The van der Waals surface area contributed by atoms with Crippen molar-refractivity contribution in [3.8, 4) is 0 Å². The lowest BCUT2D eigenvalue weighted by molar-refractivity contribution is 0.177. The average Bonchev–Trinajstić information content (AvgIpc) is 3.23. The number of hydrogen-bond acceptors (Lipinski definition) is 5. The van der Waals surface area contributed by atoms with E-state index in [1.165, 1.54) is 0 Å². The van der Waals surface area contributed by atoms with Crippen LogP contribution in [0.3, 0.4) is 0 Å². The lowest BCUT2D eigenvalue weighted by Crippen LogP contribution is -2.47. The molecule has 130 valence electrons. The Bertz CT molecular complexity index is 664. The van der Waals surface area contributed by atoms with Crippen LogP contribution in [0.5, 0.6) is 0 Å². The molecule has 0 saturated carbocycles. The number of ether oxygens (including phenoxy) is 1. The Morgan fingerprint density at radius 3 is 3.21 bits per heavy atom. The van der Waals surface area contributed by atoms with Crippen LogP contribution in [-0.2, 0) is 30.7 Å². The largest absolute Gasteiger partial charge is 0.469 e. The number of aryl methyl sites for hydroxylation is 1. The molecule has 0 spiro atoms. The summed E-state index contributed by atoms with van der Waals surface area (Å²) < 4.78 is 12.4. The summed E-state index contributed by atoms with van der Waals surface area (Å²) in [6.07, 6.45) is 4.42. The van der Waals surface area contributed by atoms with Crippen LogP contribution in [0, 0.1) is 0 Å². The minimum atomic E-state index is 0.282. The first-order chi connectivity index (χ1) is 11.8. The minimum Gasteiger partial charge on any atom is -0.469 e. The first-order valence-electron chi connectivity index (χ1n) is 8.19. The standard InChI is InChI=1S/C16H24N6O2/c1-17-16(18-8-7-13-4-3-9-24-13)19-12-5-6-15-20-14(11-23-2)21-22(15)10-12/h3-4,9,12H,5-8,10-11H2,1-2H3,(H2,17,18,19). The molecule has 8 heteroatoms. The van der Waals surface area contributed by atoms with E-state index in [0.29, 0.717) is 6.61 Å². The van der Waals surface area contributed by atoms with Gasteiger partial charge >= 0.3 is 0 Å².